The lowest BCUT2D eigenvalue weighted by Crippen LogP contribution is -2.38. The Hall–Kier alpha value is -5.00. The van der Waals surface area contributed by atoms with Crippen LogP contribution in [-0.2, 0) is 12.7 Å². The van der Waals surface area contributed by atoms with E-state index in [1.807, 2.05) is 0 Å². The number of carboxylic acids is 1. The number of nitrogens with zero attached hydrogens (tertiary/aromatic N) is 3. The van der Waals surface area contributed by atoms with Crippen molar-refractivity contribution in [2.45, 2.75) is 12.7 Å². The summed E-state index contributed by atoms with van der Waals surface area (Å²) < 4.78 is 38.4. The Labute approximate surface area is 225 Å². The number of para-hydroxylation sites is 1. The number of azo groups is 1. The Morgan fingerprint density at radius 1 is 0.875 bits per heavy atom. The van der Waals surface area contributed by atoms with Gasteiger partial charge in [0.2, 0.25) is 0 Å². The molecule has 202 valence electrons. The molecule has 8 nitrogen and oxygen atoms in total. The number of aromatic hydroxyl groups is 2. The Morgan fingerprint density at radius 2 is 1.57 bits per heavy atom. The van der Waals surface area contributed by atoms with Crippen molar-refractivity contribution in [1.29, 1.82) is 0 Å². The number of carboxylic acid groups (broad SMARTS) is 1. The number of hydrogen-bond acceptors (Lipinski definition) is 6. The average molecular weight is 547 g/mol. The molecular weight excluding hydrogens is 527 g/mol. The maximum Gasteiger partial charge on any atom is 0.416 e. The Balaban J connectivity index is 1.46. The van der Waals surface area contributed by atoms with E-state index in [2.05, 4.69) is 10.2 Å². The van der Waals surface area contributed by atoms with Gasteiger partial charge in [0.1, 0.15) is 29.8 Å². The van der Waals surface area contributed by atoms with Gasteiger partial charge in [0.05, 0.1) is 16.7 Å². The fourth-order valence-corrected chi connectivity index (χ4v) is 4.40. The summed E-state index contributed by atoms with van der Waals surface area (Å²) in [5, 5.41) is 52.6. The van der Waals surface area contributed by atoms with Crippen LogP contribution in [0.15, 0.2) is 95.3 Å². The van der Waals surface area contributed by atoms with Crippen LogP contribution < -0.4 is 4.65 Å². The molecule has 0 saturated heterocycles. The maximum atomic E-state index is 13.5. The molecule has 0 fully saturated rings. The van der Waals surface area contributed by atoms with Crippen molar-refractivity contribution in [3.63, 3.8) is 0 Å². The first-order valence-corrected chi connectivity index (χ1v) is 11.8. The number of hydrogen-bond donors (Lipinski definition) is 3. The minimum Gasteiger partial charge on any atom is -0.622 e. The van der Waals surface area contributed by atoms with Crippen LogP contribution in [0.4, 0.5) is 30.2 Å². The summed E-state index contributed by atoms with van der Waals surface area (Å²) in [6.45, 7) is -0.386. The minimum atomic E-state index is -4.62. The van der Waals surface area contributed by atoms with E-state index in [1.165, 1.54) is 42.6 Å². The molecule has 0 aromatic heterocycles. The highest BCUT2D eigenvalue weighted by atomic mass is 19.4. The van der Waals surface area contributed by atoms with Gasteiger partial charge >= 0.3 is 12.1 Å². The summed E-state index contributed by atoms with van der Waals surface area (Å²) in [5.41, 5.74) is 0.361. The molecule has 0 bridgehead atoms. The van der Waals surface area contributed by atoms with Crippen molar-refractivity contribution >= 4 is 29.1 Å². The fraction of sp³-hybridized carbons (Fsp3) is 0.0690. The number of rotatable bonds is 5. The van der Waals surface area contributed by atoms with E-state index in [-0.39, 0.29) is 46.2 Å². The lowest BCUT2D eigenvalue weighted by atomic mass is 10.0. The van der Waals surface area contributed by atoms with Crippen LogP contribution in [0.3, 0.4) is 0 Å². The first-order valence-electron chi connectivity index (χ1n) is 11.8. The third kappa shape index (κ3) is 5.03. The van der Waals surface area contributed by atoms with Gasteiger partial charge in [-0.15, -0.1) is 10.2 Å². The number of quaternary nitrogens is 1. The van der Waals surface area contributed by atoms with Crippen molar-refractivity contribution in [2.24, 2.45) is 10.2 Å². The number of phenols is 2. The molecule has 0 spiro atoms. The number of aromatic carboxylic acids is 1. The van der Waals surface area contributed by atoms with Crippen LogP contribution in [0, 0.1) is 5.21 Å². The zero-order valence-electron chi connectivity index (χ0n) is 20.5. The van der Waals surface area contributed by atoms with Gasteiger partial charge < -0.3 is 20.5 Å². The van der Waals surface area contributed by atoms with Crippen molar-refractivity contribution in [2.75, 3.05) is 0 Å². The maximum absolute atomic E-state index is 13.5. The van der Waals surface area contributed by atoms with Crippen LogP contribution in [0.2, 0.25) is 0 Å². The van der Waals surface area contributed by atoms with Gasteiger partial charge in [0, 0.05) is 11.6 Å². The summed E-state index contributed by atoms with van der Waals surface area (Å²) in [6, 6.07) is 17.8. The Morgan fingerprint density at radius 3 is 2.30 bits per heavy atom. The highest BCUT2D eigenvalue weighted by Crippen LogP contribution is 2.43. The molecule has 0 radical (unpaired) electrons. The topological polar surface area (TPSA) is 126 Å². The van der Waals surface area contributed by atoms with Crippen molar-refractivity contribution < 1.29 is 33.3 Å². The molecule has 0 amide bonds. The normalized spacial score (nSPS) is 16.7. The summed E-state index contributed by atoms with van der Waals surface area (Å²) in [6.07, 6.45) is -1.99. The second-order valence-corrected chi connectivity index (χ2v) is 9.08. The van der Waals surface area contributed by atoms with Crippen molar-refractivity contribution in [1.82, 2.24) is 4.65 Å². The molecule has 11 heteroatoms. The molecule has 5 rings (SSSR count). The van der Waals surface area contributed by atoms with E-state index in [9.17, 15) is 38.5 Å². The number of halogens is 3. The van der Waals surface area contributed by atoms with Gasteiger partial charge in [-0.3, -0.25) is 4.65 Å². The van der Waals surface area contributed by atoms with E-state index < -0.39 is 22.4 Å². The minimum absolute atomic E-state index is 0.0256. The third-order valence-corrected chi connectivity index (χ3v) is 6.50. The third-order valence-electron chi connectivity index (χ3n) is 6.50. The van der Waals surface area contributed by atoms with E-state index in [0.29, 0.717) is 16.7 Å². The smallest absolute Gasteiger partial charge is 0.416 e. The summed E-state index contributed by atoms with van der Waals surface area (Å²) in [4.78, 5) is 11.3. The van der Waals surface area contributed by atoms with Crippen LogP contribution >= 0.6 is 0 Å². The van der Waals surface area contributed by atoms with E-state index >= 15 is 0 Å². The van der Waals surface area contributed by atoms with Gasteiger partial charge in [-0.1, -0.05) is 36.4 Å². The molecule has 1 aliphatic rings. The quantitative estimate of drug-likeness (QED) is 0.133. The Bertz CT molecular complexity index is 1700. The van der Waals surface area contributed by atoms with Crippen LogP contribution in [0.5, 0.6) is 11.5 Å². The molecule has 4 aromatic carbocycles. The molecule has 3 N–H and O–H groups in total. The molecule has 0 saturated carbocycles. The first-order chi connectivity index (χ1) is 19.0. The number of fused-ring (bicyclic) bond motifs is 1. The predicted octanol–water partition coefficient (Wildman–Crippen LogP) is 7.89. The predicted molar refractivity (Wildman–Crippen MR) is 142 cm³/mol. The van der Waals surface area contributed by atoms with Gasteiger partial charge in [0.25, 0.3) is 0 Å². The second-order valence-electron chi connectivity index (χ2n) is 9.08. The lowest BCUT2D eigenvalue weighted by molar-refractivity contribution is -0.137. The fourth-order valence-electron chi connectivity index (χ4n) is 4.40. The highest BCUT2D eigenvalue weighted by Gasteiger charge is 2.34. The number of alkyl halides is 3. The first kappa shape index (κ1) is 26.6. The number of benzene rings is 4. The lowest BCUT2D eigenvalue weighted by Gasteiger charge is -2.41. The zero-order valence-corrected chi connectivity index (χ0v) is 20.5. The molecule has 1 unspecified atom stereocenters. The summed E-state index contributed by atoms with van der Waals surface area (Å²) >= 11 is 0. The summed E-state index contributed by atoms with van der Waals surface area (Å²) in [5.74, 6) is -1.77. The van der Waals surface area contributed by atoms with E-state index in [0.717, 1.165) is 18.2 Å². The van der Waals surface area contributed by atoms with Gasteiger partial charge in [-0.05, 0) is 53.6 Å². The molecule has 1 aliphatic heterocycles. The van der Waals surface area contributed by atoms with Gasteiger partial charge in [-0.25, -0.2) is 4.79 Å². The monoisotopic (exact) mass is 547 g/mol. The van der Waals surface area contributed by atoms with E-state index in [4.69, 9.17) is 0 Å². The molecule has 1 atom stereocenters. The summed E-state index contributed by atoms with van der Waals surface area (Å²) in [7, 11) is 0. The molecule has 40 heavy (non-hydrogen) atoms. The molecule has 4 aromatic rings. The van der Waals surface area contributed by atoms with E-state index in [1.54, 1.807) is 30.3 Å². The van der Waals surface area contributed by atoms with Gasteiger partial charge in [0.15, 0.2) is 11.5 Å². The SMILES string of the molecule is O=C(O)c1cccc(-c2cccc(N=Nc3ccc4c(c3O)C[N+]([O-])(c3cccc(C(F)(F)F)c3)C=C4)c2O)c1. The zero-order chi connectivity index (χ0) is 28.7. The highest BCUT2D eigenvalue weighted by molar-refractivity contribution is 5.90. The van der Waals surface area contributed by atoms with Crippen LogP contribution in [0.25, 0.3) is 17.2 Å². The van der Waals surface area contributed by atoms with Crippen LogP contribution in [0.1, 0.15) is 27.0 Å². The second kappa shape index (κ2) is 9.95. The van der Waals surface area contributed by atoms with Gasteiger partial charge in [-0.2, -0.15) is 13.2 Å². The van der Waals surface area contributed by atoms with Crippen LogP contribution in [-0.4, -0.2) is 21.3 Å². The number of phenolic OH excluding ortho intramolecular Hbond substituents is 2. The molecular formula is C29H20F3N3O5. The molecule has 1 heterocycles. The Kier molecular flexibility index (Phi) is 6.62. The number of carbonyl (C=O) groups is 1. The molecule has 0 aliphatic carbocycles. The van der Waals surface area contributed by atoms with Crippen molar-refractivity contribution in [3.05, 3.63) is 113 Å². The standard InChI is InChI=1S/C29H20F3N3O5/c30-29(31,32)20-6-2-7-21(15-20)35(40)13-12-17-10-11-25(27(37)23(17)16-35)34-33-24-9-3-8-22(26(24)36)18-4-1-5-19(14-18)28(38)39/h1-15,36-37H,16H2,(H,38,39). The number of hydroxylamine groups is 2. The largest absolute Gasteiger partial charge is 0.622 e. The average Bonchev–Trinajstić information content (AvgIpc) is 2.93. The van der Waals surface area contributed by atoms with Crippen molar-refractivity contribution in [3.8, 4) is 22.6 Å².